The number of hydrogen-bond donors (Lipinski definition) is 1. The third-order valence-electron chi connectivity index (χ3n) is 3.87. The molecule has 1 N–H and O–H groups in total. The van der Waals surface area contributed by atoms with Crippen molar-refractivity contribution in [1.29, 1.82) is 0 Å². The predicted molar refractivity (Wildman–Crippen MR) is 75.5 cm³/mol. The summed E-state index contributed by atoms with van der Waals surface area (Å²) in [4.78, 5) is 0. The molecule has 1 heterocycles. The molecule has 1 aromatic carbocycles. The number of ether oxygens (including phenoxy) is 2. The van der Waals surface area contributed by atoms with E-state index in [0.717, 1.165) is 50.9 Å². The second-order valence-electron chi connectivity index (χ2n) is 5.55. The molecule has 0 bridgehead atoms. The van der Waals surface area contributed by atoms with Gasteiger partial charge in [-0.05, 0) is 37.8 Å². The van der Waals surface area contributed by atoms with E-state index in [0.29, 0.717) is 6.04 Å². The smallest absolute Gasteiger partial charge is 0.124 e. The van der Waals surface area contributed by atoms with Gasteiger partial charge < -0.3 is 14.8 Å². The fraction of sp³-hybridized carbons (Fsp3) is 0.625. The van der Waals surface area contributed by atoms with Crippen molar-refractivity contribution in [2.45, 2.75) is 31.7 Å². The van der Waals surface area contributed by atoms with E-state index in [2.05, 4.69) is 23.5 Å². The normalized spacial score (nSPS) is 21.8. The molecule has 104 valence electrons. The van der Waals surface area contributed by atoms with E-state index in [1.165, 1.54) is 18.4 Å². The Morgan fingerprint density at radius 3 is 3.00 bits per heavy atom. The van der Waals surface area contributed by atoms with Gasteiger partial charge in [0.05, 0.1) is 6.61 Å². The Morgan fingerprint density at radius 1 is 1.21 bits per heavy atom. The van der Waals surface area contributed by atoms with Crippen LogP contribution in [0.3, 0.4) is 0 Å². The highest BCUT2D eigenvalue weighted by molar-refractivity contribution is 5.37. The Labute approximate surface area is 115 Å². The quantitative estimate of drug-likeness (QED) is 0.766. The number of hydrogen-bond acceptors (Lipinski definition) is 3. The molecular weight excluding hydrogens is 238 g/mol. The first kappa shape index (κ1) is 12.9. The van der Waals surface area contributed by atoms with Gasteiger partial charge in [0.15, 0.2) is 0 Å². The Morgan fingerprint density at radius 2 is 2.11 bits per heavy atom. The lowest BCUT2D eigenvalue weighted by atomic mass is 10.0. The van der Waals surface area contributed by atoms with Crippen molar-refractivity contribution in [1.82, 2.24) is 5.32 Å². The lowest BCUT2D eigenvalue weighted by Crippen LogP contribution is -2.28. The van der Waals surface area contributed by atoms with Crippen molar-refractivity contribution < 1.29 is 9.47 Å². The second-order valence-corrected chi connectivity index (χ2v) is 5.55. The SMILES string of the molecule is c1ccc2c(c1)OCCC2NCCCOCC1CC1. The zero-order valence-corrected chi connectivity index (χ0v) is 11.4. The van der Waals surface area contributed by atoms with Crippen LogP contribution >= 0.6 is 0 Å². The highest BCUT2D eigenvalue weighted by Crippen LogP contribution is 2.31. The van der Waals surface area contributed by atoms with Crippen molar-refractivity contribution in [3.63, 3.8) is 0 Å². The molecule has 0 amide bonds. The summed E-state index contributed by atoms with van der Waals surface area (Å²) >= 11 is 0. The average Bonchev–Trinajstić information content (AvgIpc) is 3.27. The predicted octanol–water partition coefficient (Wildman–Crippen LogP) is 2.92. The van der Waals surface area contributed by atoms with Gasteiger partial charge in [0.25, 0.3) is 0 Å². The first-order chi connectivity index (χ1) is 9.43. The highest BCUT2D eigenvalue weighted by atomic mass is 16.5. The minimum atomic E-state index is 0.438. The van der Waals surface area contributed by atoms with Crippen LogP contribution in [0.1, 0.15) is 37.3 Å². The van der Waals surface area contributed by atoms with Crippen LogP contribution in [0.5, 0.6) is 5.75 Å². The van der Waals surface area contributed by atoms with Gasteiger partial charge in [0.1, 0.15) is 5.75 Å². The van der Waals surface area contributed by atoms with Crippen molar-refractivity contribution in [3.05, 3.63) is 29.8 Å². The number of para-hydroxylation sites is 1. The molecular formula is C16H23NO2. The highest BCUT2D eigenvalue weighted by Gasteiger charge is 2.21. The van der Waals surface area contributed by atoms with Gasteiger partial charge >= 0.3 is 0 Å². The molecule has 0 aromatic heterocycles. The maximum Gasteiger partial charge on any atom is 0.124 e. The molecule has 2 aliphatic rings. The number of rotatable bonds is 7. The first-order valence-corrected chi connectivity index (χ1v) is 7.46. The van der Waals surface area contributed by atoms with Crippen LogP contribution in [0, 0.1) is 5.92 Å². The molecule has 0 spiro atoms. The topological polar surface area (TPSA) is 30.5 Å². The minimum absolute atomic E-state index is 0.438. The zero-order chi connectivity index (χ0) is 12.9. The minimum Gasteiger partial charge on any atom is -0.493 e. The summed E-state index contributed by atoms with van der Waals surface area (Å²) in [5.41, 5.74) is 1.30. The Kier molecular flexibility index (Phi) is 4.36. The average molecular weight is 261 g/mol. The molecule has 1 unspecified atom stereocenters. The summed E-state index contributed by atoms with van der Waals surface area (Å²) in [5.74, 6) is 1.91. The third kappa shape index (κ3) is 3.71. The first-order valence-electron chi connectivity index (χ1n) is 7.46. The Bertz CT molecular complexity index is 403. The molecule has 0 saturated heterocycles. The number of benzene rings is 1. The molecule has 3 nitrogen and oxygen atoms in total. The summed E-state index contributed by atoms with van der Waals surface area (Å²) < 4.78 is 11.3. The van der Waals surface area contributed by atoms with Crippen LogP contribution in [0.2, 0.25) is 0 Å². The van der Waals surface area contributed by atoms with Gasteiger partial charge in [0.2, 0.25) is 0 Å². The third-order valence-corrected chi connectivity index (χ3v) is 3.87. The number of fused-ring (bicyclic) bond motifs is 1. The maximum atomic E-state index is 5.67. The molecule has 3 heteroatoms. The summed E-state index contributed by atoms with van der Waals surface area (Å²) in [6.45, 7) is 3.69. The van der Waals surface area contributed by atoms with E-state index in [-0.39, 0.29) is 0 Å². The molecule has 1 aromatic rings. The van der Waals surface area contributed by atoms with Crippen LogP contribution in [0.15, 0.2) is 24.3 Å². The van der Waals surface area contributed by atoms with Crippen molar-refractivity contribution in [2.24, 2.45) is 5.92 Å². The van der Waals surface area contributed by atoms with E-state index < -0.39 is 0 Å². The Balaban J connectivity index is 1.38. The van der Waals surface area contributed by atoms with E-state index in [1.807, 2.05) is 6.07 Å². The molecule has 1 aliphatic heterocycles. The van der Waals surface area contributed by atoms with Crippen molar-refractivity contribution in [3.8, 4) is 5.75 Å². The van der Waals surface area contributed by atoms with Crippen LogP contribution in [-0.2, 0) is 4.74 Å². The van der Waals surface area contributed by atoms with Crippen LogP contribution in [0.4, 0.5) is 0 Å². The second kappa shape index (κ2) is 6.40. The van der Waals surface area contributed by atoms with E-state index in [4.69, 9.17) is 9.47 Å². The van der Waals surface area contributed by atoms with Gasteiger partial charge in [-0.3, -0.25) is 0 Å². The van der Waals surface area contributed by atoms with Gasteiger partial charge in [0, 0.05) is 31.2 Å². The molecule has 19 heavy (non-hydrogen) atoms. The fourth-order valence-corrected chi connectivity index (χ4v) is 2.54. The van der Waals surface area contributed by atoms with E-state index in [9.17, 15) is 0 Å². The molecule has 1 atom stereocenters. The summed E-state index contributed by atoms with van der Waals surface area (Å²) in [7, 11) is 0. The molecule has 0 radical (unpaired) electrons. The van der Waals surface area contributed by atoms with Crippen LogP contribution in [0.25, 0.3) is 0 Å². The van der Waals surface area contributed by atoms with E-state index >= 15 is 0 Å². The summed E-state index contributed by atoms with van der Waals surface area (Å²) in [6, 6.07) is 8.78. The van der Waals surface area contributed by atoms with Gasteiger partial charge in [-0.25, -0.2) is 0 Å². The van der Waals surface area contributed by atoms with Crippen molar-refractivity contribution in [2.75, 3.05) is 26.4 Å². The Hall–Kier alpha value is -1.06. The van der Waals surface area contributed by atoms with Gasteiger partial charge in [-0.1, -0.05) is 18.2 Å². The molecule has 1 aliphatic carbocycles. The maximum absolute atomic E-state index is 5.67. The van der Waals surface area contributed by atoms with Crippen molar-refractivity contribution >= 4 is 0 Å². The fourth-order valence-electron chi connectivity index (χ4n) is 2.54. The van der Waals surface area contributed by atoms with E-state index in [1.54, 1.807) is 0 Å². The van der Waals surface area contributed by atoms with Gasteiger partial charge in [-0.2, -0.15) is 0 Å². The summed E-state index contributed by atoms with van der Waals surface area (Å²) in [5, 5.41) is 3.62. The molecule has 1 fully saturated rings. The zero-order valence-electron chi connectivity index (χ0n) is 11.4. The van der Waals surface area contributed by atoms with Crippen LogP contribution in [-0.4, -0.2) is 26.4 Å². The largest absolute Gasteiger partial charge is 0.493 e. The molecule has 1 saturated carbocycles. The standard InChI is InChI=1S/C16H23NO2/c1-2-5-16-14(4-1)15(8-11-19-16)17-9-3-10-18-12-13-6-7-13/h1-2,4-5,13,15,17H,3,6-12H2. The van der Waals surface area contributed by atoms with Gasteiger partial charge in [-0.15, -0.1) is 0 Å². The monoisotopic (exact) mass is 261 g/mol. The lowest BCUT2D eigenvalue weighted by Gasteiger charge is -2.26. The van der Waals surface area contributed by atoms with Crippen LogP contribution < -0.4 is 10.1 Å². The molecule has 3 rings (SSSR count). The number of nitrogens with one attached hydrogen (secondary N) is 1. The summed E-state index contributed by atoms with van der Waals surface area (Å²) in [6.07, 6.45) is 4.89. The lowest BCUT2D eigenvalue weighted by molar-refractivity contribution is 0.121.